The van der Waals surface area contributed by atoms with Gasteiger partial charge in [-0.2, -0.15) is 0 Å². The Morgan fingerprint density at radius 2 is 1.61 bits per heavy atom. The fraction of sp³-hybridized carbons (Fsp3) is 0.179. The molecule has 4 aromatic rings. The first-order chi connectivity index (χ1) is 17.4. The van der Waals surface area contributed by atoms with E-state index in [1.54, 1.807) is 30.3 Å². The minimum atomic E-state index is -4.04. The number of nitrogens with zero attached hydrogens (tertiary/aromatic N) is 1. The van der Waals surface area contributed by atoms with Crippen molar-refractivity contribution in [1.82, 2.24) is 5.32 Å². The summed E-state index contributed by atoms with van der Waals surface area (Å²) in [4.78, 5) is 13.0. The van der Waals surface area contributed by atoms with E-state index in [0.29, 0.717) is 11.4 Å². The smallest absolute Gasteiger partial charge is 0.264 e. The molecule has 0 aliphatic heterocycles. The normalized spacial score (nSPS) is 11.2. The number of hydrogen-bond acceptors (Lipinski definition) is 5. The number of aryl methyl sites for hydroxylation is 1. The molecule has 0 aliphatic carbocycles. The maximum atomic E-state index is 13.6. The summed E-state index contributed by atoms with van der Waals surface area (Å²) >= 11 is 0. The molecule has 7 nitrogen and oxygen atoms in total. The first-order valence-corrected chi connectivity index (χ1v) is 12.9. The molecule has 1 N–H and O–H groups in total. The maximum Gasteiger partial charge on any atom is 0.264 e. The van der Waals surface area contributed by atoms with Gasteiger partial charge in [0.15, 0.2) is 0 Å². The fourth-order valence-electron chi connectivity index (χ4n) is 3.87. The summed E-state index contributed by atoms with van der Waals surface area (Å²) in [6, 6.07) is 26.9. The number of carbonyl (C=O) groups is 1. The van der Waals surface area contributed by atoms with Gasteiger partial charge in [0, 0.05) is 5.39 Å². The zero-order chi connectivity index (χ0) is 25.5. The summed E-state index contributed by atoms with van der Waals surface area (Å²) in [5.74, 6) is 0.618. The van der Waals surface area contributed by atoms with Crippen LogP contribution in [0.3, 0.4) is 0 Å². The van der Waals surface area contributed by atoms with E-state index in [2.05, 4.69) is 5.32 Å². The SMILES string of the molecule is COc1ccc(C)cc1N(CC(=O)NCCOc1cccc2ccccc12)S(=O)(=O)c1ccccc1. The molecular formula is C28H28N2O5S. The van der Waals surface area contributed by atoms with Crippen molar-refractivity contribution in [2.75, 3.05) is 31.1 Å². The number of amides is 1. The number of methoxy groups -OCH3 is 1. The lowest BCUT2D eigenvalue weighted by atomic mass is 10.1. The van der Waals surface area contributed by atoms with Crippen LogP contribution in [0.25, 0.3) is 10.8 Å². The van der Waals surface area contributed by atoms with E-state index in [9.17, 15) is 13.2 Å². The minimum Gasteiger partial charge on any atom is -0.495 e. The van der Waals surface area contributed by atoms with Crippen LogP contribution in [-0.2, 0) is 14.8 Å². The first kappa shape index (κ1) is 25.1. The van der Waals surface area contributed by atoms with Gasteiger partial charge in [-0.15, -0.1) is 0 Å². The molecule has 0 radical (unpaired) electrons. The molecule has 0 saturated carbocycles. The number of nitrogens with one attached hydrogen (secondary N) is 1. The number of rotatable bonds is 10. The number of anilines is 1. The maximum absolute atomic E-state index is 13.6. The second-order valence-corrected chi connectivity index (χ2v) is 10.0. The number of fused-ring (bicyclic) bond motifs is 1. The molecule has 0 heterocycles. The molecule has 4 aromatic carbocycles. The van der Waals surface area contributed by atoms with Crippen LogP contribution in [0.1, 0.15) is 5.56 Å². The van der Waals surface area contributed by atoms with Gasteiger partial charge in [0.2, 0.25) is 5.91 Å². The number of benzene rings is 4. The van der Waals surface area contributed by atoms with E-state index in [4.69, 9.17) is 9.47 Å². The molecule has 0 spiro atoms. The molecule has 0 saturated heterocycles. The van der Waals surface area contributed by atoms with E-state index >= 15 is 0 Å². The van der Waals surface area contributed by atoms with Crippen LogP contribution in [0.15, 0.2) is 95.9 Å². The van der Waals surface area contributed by atoms with E-state index in [0.717, 1.165) is 26.4 Å². The van der Waals surface area contributed by atoms with Crippen molar-refractivity contribution >= 4 is 32.4 Å². The lowest BCUT2D eigenvalue weighted by molar-refractivity contribution is -0.119. The summed E-state index contributed by atoms with van der Waals surface area (Å²) in [6.45, 7) is 1.89. The van der Waals surface area contributed by atoms with Gasteiger partial charge in [-0.3, -0.25) is 9.10 Å². The first-order valence-electron chi connectivity index (χ1n) is 11.5. The Bertz CT molecular complexity index is 1450. The minimum absolute atomic E-state index is 0.0839. The summed E-state index contributed by atoms with van der Waals surface area (Å²) in [5, 5.41) is 4.81. The average molecular weight is 505 g/mol. The third-order valence-electron chi connectivity index (χ3n) is 5.65. The van der Waals surface area contributed by atoms with Crippen LogP contribution in [0.4, 0.5) is 5.69 Å². The number of hydrogen-bond donors (Lipinski definition) is 1. The molecule has 0 aromatic heterocycles. The van der Waals surface area contributed by atoms with Crippen LogP contribution in [0.2, 0.25) is 0 Å². The Hall–Kier alpha value is -4.04. The fourth-order valence-corrected chi connectivity index (χ4v) is 5.32. The third kappa shape index (κ3) is 5.60. The molecule has 36 heavy (non-hydrogen) atoms. The molecule has 4 rings (SSSR count). The molecule has 0 aliphatic rings. The van der Waals surface area contributed by atoms with Gasteiger partial charge < -0.3 is 14.8 Å². The van der Waals surface area contributed by atoms with Crippen molar-refractivity contribution < 1.29 is 22.7 Å². The highest BCUT2D eigenvalue weighted by Gasteiger charge is 2.29. The quantitative estimate of drug-likeness (QED) is 0.321. The molecular weight excluding hydrogens is 476 g/mol. The summed E-state index contributed by atoms with van der Waals surface area (Å²) in [6.07, 6.45) is 0. The highest BCUT2D eigenvalue weighted by atomic mass is 32.2. The Morgan fingerprint density at radius 1 is 0.889 bits per heavy atom. The Morgan fingerprint density at radius 3 is 2.39 bits per heavy atom. The van der Waals surface area contributed by atoms with Gasteiger partial charge in [-0.1, -0.05) is 60.7 Å². The summed E-state index contributed by atoms with van der Waals surface area (Å²) < 4.78 is 39.5. The highest BCUT2D eigenvalue weighted by Crippen LogP contribution is 2.33. The lowest BCUT2D eigenvalue weighted by Crippen LogP contribution is -2.42. The largest absolute Gasteiger partial charge is 0.495 e. The molecule has 186 valence electrons. The molecule has 0 fully saturated rings. The van der Waals surface area contributed by atoms with Crippen molar-refractivity contribution in [2.45, 2.75) is 11.8 Å². The predicted octanol–water partition coefficient (Wildman–Crippen LogP) is 4.55. The highest BCUT2D eigenvalue weighted by molar-refractivity contribution is 7.92. The van der Waals surface area contributed by atoms with E-state index in [-0.39, 0.29) is 18.0 Å². The van der Waals surface area contributed by atoms with Crippen LogP contribution < -0.4 is 19.1 Å². The van der Waals surface area contributed by atoms with Crippen molar-refractivity contribution in [1.29, 1.82) is 0 Å². The van der Waals surface area contributed by atoms with Crippen LogP contribution in [0.5, 0.6) is 11.5 Å². The topological polar surface area (TPSA) is 84.9 Å². The van der Waals surface area contributed by atoms with Crippen LogP contribution >= 0.6 is 0 Å². The average Bonchev–Trinajstić information content (AvgIpc) is 2.90. The van der Waals surface area contributed by atoms with E-state index < -0.39 is 22.5 Å². The lowest BCUT2D eigenvalue weighted by Gasteiger charge is -2.26. The zero-order valence-corrected chi connectivity index (χ0v) is 21.0. The van der Waals surface area contributed by atoms with Crippen molar-refractivity contribution in [2.24, 2.45) is 0 Å². The van der Waals surface area contributed by atoms with Gasteiger partial charge in [0.05, 0.1) is 24.2 Å². The standard InChI is InChI=1S/C28H28N2O5S/c1-21-15-16-27(34-2)25(19-21)30(36(32,33)23-11-4-3-5-12-23)20-28(31)29-17-18-35-26-14-8-10-22-9-6-7-13-24(22)26/h3-16,19H,17-18,20H2,1-2H3,(H,29,31). The van der Waals surface area contributed by atoms with E-state index in [1.165, 1.54) is 19.2 Å². The van der Waals surface area contributed by atoms with Gasteiger partial charge in [-0.25, -0.2) is 8.42 Å². The molecule has 1 amide bonds. The Labute approximate surface area is 211 Å². The second kappa shape index (κ2) is 11.1. The van der Waals surface area contributed by atoms with Gasteiger partial charge >= 0.3 is 0 Å². The van der Waals surface area contributed by atoms with Crippen LogP contribution in [-0.4, -0.2) is 41.1 Å². The summed E-state index contributed by atoms with van der Waals surface area (Å²) in [7, 11) is -2.57. The number of sulfonamides is 1. The predicted molar refractivity (Wildman–Crippen MR) is 141 cm³/mol. The van der Waals surface area contributed by atoms with E-state index in [1.807, 2.05) is 55.5 Å². The molecule has 0 bridgehead atoms. The molecule has 0 unspecified atom stereocenters. The van der Waals surface area contributed by atoms with Gasteiger partial charge in [0.1, 0.15) is 24.7 Å². The van der Waals surface area contributed by atoms with Gasteiger partial charge in [-0.05, 0) is 48.2 Å². The Balaban J connectivity index is 1.49. The van der Waals surface area contributed by atoms with Crippen molar-refractivity contribution in [3.63, 3.8) is 0 Å². The second-order valence-electron chi connectivity index (χ2n) is 8.18. The Kier molecular flexibility index (Phi) is 7.75. The monoisotopic (exact) mass is 504 g/mol. The number of ether oxygens (including phenoxy) is 2. The molecule has 8 heteroatoms. The van der Waals surface area contributed by atoms with Crippen LogP contribution in [0, 0.1) is 6.92 Å². The zero-order valence-electron chi connectivity index (χ0n) is 20.2. The number of carbonyl (C=O) groups excluding carboxylic acids is 1. The van der Waals surface area contributed by atoms with Gasteiger partial charge in [0.25, 0.3) is 10.0 Å². The van der Waals surface area contributed by atoms with Crippen molar-refractivity contribution in [3.05, 3.63) is 96.6 Å². The summed E-state index contributed by atoms with van der Waals surface area (Å²) in [5.41, 5.74) is 1.13. The third-order valence-corrected chi connectivity index (χ3v) is 7.43. The molecule has 0 atom stereocenters. The van der Waals surface area contributed by atoms with Crippen molar-refractivity contribution in [3.8, 4) is 11.5 Å².